The Kier molecular flexibility index (Phi) is 6.82. The van der Waals surface area contributed by atoms with E-state index in [2.05, 4.69) is 25.7 Å². The third-order valence-corrected chi connectivity index (χ3v) is 7.64. The molecule has 0 saturated carbocycles. The second kappa shape index (κ2) is 10.4. The van der Waals surface area contributed by atoms with Gasteiger partial charge in [0.05, 0.1) is 4.90 Å². The highest BCUT2D eigenvalue weighted by Gasteiger charge is 2.27. The highest BCUT2D eigenvalue weighted by molar-refractivity contribution is 7.90. The lowest BCUT2D eigenvalue weighted by Crippen LogP contribution is -2.44. The second-order valence-electron chi connectivity index (χ2n) is 8.64. The minimum absolute atomic E-state index is 0.0564. The molecule has 1 unspecified atom stereocenters. The molecule has 1 aliphatic rings. The molecule has 0 radical (unpaired) electrons. The number of nitrogens with zero attached hydrogens (tertiary/aromatic N) is 4. The van der Waals surface area contributed by atoms with Crippen LogP contribution in [0, 0.1) is 0 Å². The van der Waals surface area contributed by atoms with Crippen LogP contribution in [0.5, 0.6) is 0 Å². The van der Waals surface area contributed by atoms with Crippen LogP contribution in [-0.2, 0) is 10.0 Å². The van der Waals surface area contributed by atoms with Crippen molar-refractivity contribution in [3.05, 3.63) is 107 Å². The van der Waals surface area contributed by atoms with Gasteiger partial charge in [0.1, 0.15) is 0 Å². The molecule has 37 heavy (non-hydrogen) atoms. The Labute approximate surface area is 215 Å². The van der Waals surface area contributed by atoms with Crippen LogP contribution in [0.2, 0.25) is 0 Å². The van der Waals surface area contributed by atoms with Crippen molar-refractivity contribution in [2.45, 2.75) is 24.2 Å². The van der Waals surface area contributed by atoms with Gasteiger partial charge >= 0.3 is 0 Å². The Morgan fingerprint density at radius 3 is 2.27 bits per heavy atom. The molecule has 1 saturated heterocycles. The molecule has 2 N–H and O–H groups in total. The quantitative estimate of drug-likeness (QED) is 0.363. The topological polar surface area (TPSA) is 118 Å². The summed E-state index contributed by atoms with van der Waals surface area (Å²) in [6, 6.07) is 24.3. The number of hydrogen-bond acceptors (Lipinski definition) is 6. The standard InChI is InChI=1S/C27H26N6O3S/c1-19(21-12-8-13-22(18-21)24(34)20-10-4-2-5-11-20)25-30-27(31-26-28-16-9-17-29-26)33(32-25)37(35,36)23-14-6-3-7-15-23/h2-8,10-15,18-19H,9,16-17H2,1H3,(H2,28,29,30,31,32). The number of aliphatic imine (C=N–C) groups is 1. The molecule has 0 bridgehead atoms. The summed E-state index contributed by atoms with van der Waals surface area (Å²) in [6.45, 7) is 3.31. The molecule has 10 heteroatoms. The Bertz CT molecular complexity index is 1540. The van der Waals surface area contributed by atoms with Crippen molar-refractivity contribution in [2.75, 3.05) is 13.1 Å². The largest absolute Gasteiger partial charge is 0.356 e. The number of rotatable bonds is 7. The number of aromatic nitrogens is 3. The Morgan fingerprint density at radius 1 is 0.919 bits per heavy atom. The third-order valence-electron chi connectivity index (χ3n) is 6.07. The summed E-state index contributed by atoms with van der Waals surface area (Å²) in [5.74, 6) is 0.166. The van der Waals surface area contributed by atoms with Gasteiger partial charge < -0.3 is 10.6 Å². The van der Waals surface area contributed by atoms with E-state index in [-0.39, 0.29) is 22.5 Å². The molecule has 3 aromatic carbocycles. The van der Waals surface area contributed by atoms with Crippen LogP contribution < -0.4 is 10.6 Å². The van der Waals surface area contributed by atoms with Crippen molar-refractivity contribution in [3.8, 4) is 0 Å². The van der Waals surface area contributed by atoms with E-state index in [0.29, 0.717) is 17.1 Å². The number of guanidine groups is 1. The van der Waals surface area contributed by atoms with E-state index < -0.39 is 15.9 Å². The fourth-order valence-electron chi connectivity index (χ4n) is 4.01. The summed E-state index contributed by atoms with van der Waals surface area (Å²) < 4.78 is 27.8. The lowest BCUT2D eigenvalue weighted by molar-refractivity contribution is 0.103. The van der Waals surface area contributed by atoms with Crippen LogP contribution in [0.3, 0.4) is 0 Å². The Balaban J connectivity index is 1.54. The molecule has 1 fully saturated rings. The van der Waals surface area contributed by atoms with Gasteiger partial charge in [0, 0.05) is 30.1 Å². The van der Waals surface area contributed by atoms with Crippen molar-refractivity contribution < 1.29 is 13.2 Å². The second-order valence-corrected chi connectivity index (χ2v) is 10.4. The van der Waals surface area contributed by atoms with E-state index in [1.165, 1.54) is 12.1 Å². The molecule has 1 aromatic heterocycles. The highest BCUT2D eigenvalue weighted by atomic mass is 32.2. The van der Waals surface area contributed by atoms with E-state index in [1.807, 2.05) is 31.2 Å². The van der Waals surface area contributed by atoms with Crippen molar-refractivity contribution in [1.29, 1.82) is 0 Å². The first-order valence-corrected chi connectivity index (χ1v) is 13.4. The third kappa shape index (κ3) is 5.14. The van der Waals surface area contributed by atoms with Gasteiger partial charge in [0.25, 0.3) is 16.0 Å². The summed E-state index contributed by atoms with van der Waals surface area (Å²) >= 11 is 0. The first-order valence-electron chi connectivity index (χ1n) is 12.0. The number of carbonyl (C=O) groups excluding carboxylic acids is 1. The van der Waals surface area contributed by atoms with Crippen LogP contribution >= 0.6 is 0 Å². The molecule has 0 amide bonds. The van der Waals surface area contributed by atoms with Gasteiger partial charge in [-0.3, -0.25) is 4.79 Å². The van der Waals surface area contributed by atoms with E-state index in [0.717, 1.165) is 29.2 Å². The molecule has 5 rings (SSSR count). The van der Waals surface area contributed by atoms with Crippen LogP contribution in [0.15, 0.2) is 94.8 Å². The first-order chi connectivity index (χ1) is 17.9. The fraction of sp³-hybridized carbons (Fsp3) is 0.185. The van der Waals surface area contributed by atoms with E-state index in [4.69, 9.17) is 0 Å². The Hall–Kier alpha value is -4.31. The minimum atomic E-state index is -4.05. The molecule has 188 valence electrons. The zero-order chi connectivity index (χ0) is 25.8. The van der Waals surface area contributed by atoms with Gasteiger partial charge in [0.15, 0.2) is 17.6 Å². The Morgan fingerprint density at radius 2 is 1.57 bits per heavy atom. The van der Waals surface area contributed by atoms with Gasteiger partial charge in [-0.25, -0.2) is 0 Å². The normalized spacial score (nSPS) is 14.4. The monoisotopic (exact) mass is 514 g/mol. The first kappa shape index (κ1) is 24.4. The lowest BCUT2D eigenvalue weighted by Gasteiger charge is -2.17. The number of benzene rings is 3. The number of nitrogens with one attached hydrogen (secondary N) is 2. The van der Waals surface area contributed by atoms with E-state index in [1.54, 1.807) is 48.5 Å². The van der Waals surface area contributed by atoms with Crippen molar-refractivity contribution in [1.82, 2.24) is 24.8 Å². The van der Waals surface area contributed by atoms with Gasteiger partial charge in [-0.2, -0.15) is 18.4 Å². The molecule has 0 spiro atoms. The fourth-order valence-corrected chi connectivity index (χ4v) is 5.20. The van der Waals surface area contributed by atoms with Crippen LogP contribution in [0.1, 0.15) is 46.6 Å². The maximum atomic E-state index is 13.5. The summed E-state index contributed by atoms with van der Waals surface area (Å²) in [5, 5.41) is 10.6. The van der Waals surface area contributed by atoms with Gasteiger partial charge in [0.2, 0.25) is 0 Å². The number of ketones is 1. The summed E-state index contributed by atoms with van der Waals surface area (Å²) in [6.07, 6.45) is 0.925. The molecular formula is C27H26N6O3S. The van der Waals surface area contributed by atoms with Crippen molar-refractivity contribution >= 4 is 27.7 Å². The smallest absolute Gasteiger partial charge is 0.286 e. The maximum Gasteiger partial charge on any atom is 0.286 e. The predicted octanol–water partition coefficient (Wildman–Crippen LogP) is 3.47. The van der Waals surface area contributed by atoms with Crippen molar-refractivity contribution in [2.24, 2.45) is 4.99 Å². The van der Waals surface area contributed by atoms with Gasteiger partial charge in [-0.05, 0) is 30.2 Å². The van der Waals surface area contributed by atoms with Gasteiger partial charge in [-0.15, -0.1) is 9.19 Å². The molecule has 4 aromatic rings. The number of hydrogen-bond donors (Lipinski definition) is 2. The summed E-state index contributed by atoms with van der Waals surface area (Å²) in [4.78, 5) is 22.0. The van der Waals surface area contributed by atoms with E-state index >= 15 is 0 Å². The zero-order valence-corrected chi connectivity index (χ0v) is 21.0. The molecule has 2 heterocycles. The molecule has 1 aliphatic heterocycles. The van der Waals surface area contributed by atoms with E-state index in [9.17, 15) is 13.2 Å². The van der Waals surface area contributed by atoms with Crippen LogP contribution in [0.25, 0.3) is 0 Å². The zero-order valence-electron chi connectivity index (χ0n) is 20.2. The molecule has 1 atom stereocenters. The maximum absolute atomic E-state index is 13.5. The lowest BCUT2D eigenvalue weighted by atomic mass is 9.95. The van der Waals surface area contributed by atoms with Gasteiger partial charge in [-0.1, -0.05) is 73.7 Å². The predicted molar refractivity (Wildman–Crippen MR) is 141 cm³/mol. The molecule has 9 nitrogen and oxygen atoms in total. The highest BCUT2D eigenvalue weighted by Crippen LogP contribution is 2.27. The van der Waals surface area contributed by atoms with Crippen LogP contribution in [0.4, 0.5) is 5.95 Å². The summed E-state index contributed by atoms with van der Waals surface area (Å²) in [5.41, 5.74) is 1.90. The molecular weight excluding hydrogens is 488 g/mol. The average molecular weight is 515 g/mol. The van der Waals surface area contributed by atoms with Crippen molar-refractivity contribution in [3.63, 3.8) is 0 Å². The average Bonchev–Trinajstić information content (AvgIpc) is 3.38. The molecule has 0 aliphatic carbocycles. The van der Waals surface area contributed by atoms with Crippen LogP contribution in [-0.4, -0.2) is 47.4 Å². The minimum Gasteiger partial charge on any atom is -0.356 e. The SMILES string of the molecule is CC(c1cccc(C(=O)c2ccccc2)c1)c1nc(N=C2NCCCN2)n(S(=O)(=O)c2ccccc2)n1. The number of carbonyl (C=O) groups is 1. The summed E-state index contributed by atoms with van der Waals surface area (Å²) in [7, 11) is -4.05.